The standard InChI is InChI=1S/C15H14BrF2NO/c1-10-8-11(2-7-14(10)16)9-19-12-3-5-13(6-4-12)20-15(17)18/h2-8,15,19H,9H2,1H3. The van der Waals surface area contributed by atoms with Gasteiger partial charge in [0, 0.05) is 16.7 Å². The summed E-state index contributed by atoms with van der Waals surface area (Å²) in [6.45, 7) is -0.0905. The van der Waals surface area contributed by atoms with Crippen LogP contribution in [-0.2, 0) is 6.54 Å². The fourth-order valence-corrected chi connectivity index (χ4v) is 2.02. The molecule has 5 heteroatoms. The Bertz CT molecular complexity index is 573. The van der Waals surface area contributed by atoms with E-state index in [0.29, 0.717) is 6.54 Å². The van der Waals surface area contributed by atoms with E-state index < -0.39 is 6.61 Å². The van der Waals surface area contributed by atoms with Gasteiger partial charge >= 0.3 is 6.61 Å². The Morgan fingerprint density at radius 3 is 2.45 bits per heavy atom. The van der Waals surface area contributed by atoms with Crippen molar-refractivity contribution in [3.8, 4) is 5.75 Å². The molecule has 0 amide bonds. The van der Waals surface area contributed by atoms with Crippen LogP contribution in [0.3, 0.4) is 0 Å². The molecule has 1 N–H and O–H groups in total. The number of aryl methyl sites for hydroxylation is 1. The minimum absolute atomic E-state index is 0.157. The molecule has 20 heavy (non-hydrogen) atoms. The van der Waals surface area contributed by atoms with E-state index in [4.69, 9.17) is 0 Å². The van der Waals surface area contributed by atoms with Crippen molar-refractivity contribution in [2.24, 2.45) is 0 Å². The number of ether oxygens (including phenoxy) is 1. The number of benzene rings is 2. The van der Waals surface area contributed by atoms with Crippen molar-refractivity contribution in [1.29, 1.82) is 0 Å². The zero-order valence-electron chi connectivity index (χ0n) is 10.9. The lowest BCUT2D eigenvalue weighted by Gasteiger charge is -2.09. The molecule has 106 valence electrons. The van der Waals surface area contributed by atoms with Crippen LogP contribution in [0.25, 0.3) is 0 Å². The van der Waals surface area contributed by atoms with E-state index in [1.807, 2.05) is 19.1 Å². The number of hydrogen-bond acceptors (Lipinski definition) is 2. The summed E-state index contributed by atoms with van der Waals surface area (Å²) in [5, 5.41) is 3.23. The first-order valence-corrected chi connectivity index (χ1v) is 6.87. The van der Waals surface area contributed by atoms with Crippen LogP contribution in [-0.4, -0.2) is 6.61 Å². The van der Waals surface area contributed by atoms with Crippen LogP contribution in [0, 0.1) is 6.92 Å². The fraction of sp³-hybridized carbons (Fsp3) is 0.200. The number of halogens is 3. The van der Waals surface area contributed by atoms with Crippen LogP contribution in [0.1, 0.15) is 11.1 Å². The summed E-state index contributed by atoms with van der Waals surface area (Å²) in [6, 6.07) is 12.6. The Kier molecular flexibility index (Phi) is 4.95. The number of anilines is 1. The molecule has 0 bridgehead atoms. The summed E-state index contributed by atoms with van der Waals surface area (Å²) >= 11 is 3.46. The van der Waals surface area contributed by atoms with Crippen molar-refractivity contribution in [3.63, 3.8) is 0 Å². The quantitative estimate of drug-likeness (QED) is 0.828. The third kappa shape index (κ3) is 4.20. The SMILES string of the molecule is Cc1cc(CNc2ccc(OC(F)F)cc2)ccc1Br. The first-order valence-electron chi connectivity index (χ1n) is 6.08. The van der Waals surface area contributed by atoms with Crippen LogP contribution in [0.15, 0.2) is 46.9 Å². The fourth-order valence-electron chi connectivity index (χ4n) is 1.78. The maximum atomic E-state index is 12.0. The minimum atomic E-state index is -2.79. The highest BCUT2D eigenvalue weighted by Crippen LogP contribution is 2.20. The van der Waals surface area contributed by atoms with Gasteiger partial charge in [0.05, 0.1) is 0 Å². The topological polar surface area (TPSA) is 21.3 Å². The number of hydrogen-bond donors (Lipinski definition) is 1. The second-order valence-electron chi connectivity index (χ2n) is 4.34. The molecule has 0 aliphatic rings. The van der Waals surface area contributed by atoms with Gasteiger partial charge in [0.25, 0.3) is 0 Å². The normalized spacial score (nSPS) is 10.7. The monoisotopic (exact) mass is 341 g/mol. The number of rotatable bonds is 5. The van der Waals surface area contributed by atoms with E-state index in [0.717, 1.165) is 15.7 Å². The molecule has 0 aromatic heterocycles. The third-order valence-electron chi connectivity index (χ3n) is 2.80. The molecule has 2 aromatic rings. The number of nitrogens with one attached hydrogen (secondary N) is 1. The Morgan fingerprint density at radius 1 is 1.15 bits per heavy atom. The van der Waals surface area contributed by atoms with Gasteiger partial charge in [0.2, 0.25) is 0 Å². The third-order valence-corrected chi connectivity index (χ3v) is 3.69. The van der Waals surface area contributed by atoms with E-state index in [1.54, 1.807) is 12.1 Å². The smallest absolute Gasteiger partial charge is 0.387 e. The molecule has 0 spiro atoms. The average molecular weight is 342 g/mol. The van der Waals surface area contributed by atoms with Crippen molar-refractivity contribution < 1.29 is 13.5 Å². The summed E-state index contributed by atoms with van der Waals surface area (Å²) in [6.07, 6.45) is 0. The second kappa shape index (κ2) is 6.70. The van der Waals surface area contributed by atoms with Gasteiger partial charge in [-0.1, -0.05) is 28.1 Å². The van der Waals surface area contributed by atoms with E-state index in [1.165, 1.54) is 17.7 Å². The summed E-state index contributed by atoms with van der Waals surface area (Å²) in [5.41, 5.74) is 3.18. The van der Waals surface area contributed by atoms with Gasteiger partial charge in [-0.25, -0.2) is 0 Å². The molecular formula is C15H14BrF2NO. The van der Waals surface area contributed by atoms with E-state index in [9.17, 15) is 8.78 Å². The molecule has 0 unspecified atom stereocenters. The number of alkyl halides is 2. The summed E-state index contributed by atoms with van der Waals surface area (Å²) < 4.78 is 29.4. The molecule has 2 rings (SSSR count). The lowest BCUT2D eigenvalue weighted by molar-refractivity contribution is -0.0498. The predicted octanol–water partition coefficient (Wildman–Crippen LogP) is 4.97. The summed E-state index contributed by atoms with van der Waals surface area (Å²) in [4.78, 5) is 0. The highest BCUT2D eigenvalue weighted by atomic mass is 79.9. The second-order valence-corrected chi connectivity index (χ2v) is 5.19. The molecule has 0 radical (unpaired) electrons. The molecule has 0 aliphatic heterocycles. The van der Waals surface area contributed by atoms with Crippen molar-refractivity contribution in [3.05, 3.63) is 58.1 Å². The van der Waals surface area contributed by atoms with Gasteiger partial charge in [0.1, 0.15) is 5.75 Å². The van der Waals surface area contributed by atoms with Crippen LogP contribution in [0.2, 0.25) is 0 Å². The van der Waals surface area contributed by atoms with Crippen molar-refractivity contribution in [1.82, 2.24) is 0 Å². The highest BCUT2D eigenvalue weighted by molar-refractivity contribution is 9.10. The maximum Gasteiger partial charge on any atom is 0.387 e. The Morgan fingerprint density at radius 2 is 1.85 bits per heavy atom. The van der Waals surface area contributed by atoms with Gasteiger partial charge in [0.15, 0.2) is 0 Å². The first-order chi connectivity index (χ1) is 9.54. The predicted molar refractivity (Wildman–Crippen MR) is 79.3 cm³/mol. The zero-order valence-corrected chi connectivity index (χ0v) is 12.5. The van der Waals surface area contributed by atoms with E-state index in [2.05, 4.69) is 32.0 Å². The lowest BCUT2D eigenvalue weighted by atomic mass is 10.1. The Balaban J connectivity index is 1.95. The minimum Gasteiger partial charge on any atom is -0.435 e. The van der Waals surface area contributed by atoms with Crippen LogP contribution >= 0.6 is 15.9 Å². The molecule has 0 aliphatic carbocycles. The zero-order chi connectivity index (χ0) is 14.5. The molecule has 0 fully saturated rings. The molecular weight excluding hydrogens is 328 g/mol. The maximum absolute atomic E-state index is 12.0. The summed E-state index contributed by atoms with van der Waals surface area (Å²) in [5.74, 6) is 0.157. The largest absolute Gasteiger partial charge is 0.435 e. The Labute approximate surface area is 124 Å². The van der Waals surface area contributed by atoms with E-state index >= 15 is 0 Å². The van der Waals surface area contributed by atoms with Gasteiger partial charge in [-0.15, -0.1) is 0 Å². The molecule has 2 aromatic carbocycles. The molecule has 0 heterocycles. The van der Waals surface area contributed by atoms with Crippen LogP contribution in [0.5, 0.6) is 5.75 Å². The van der Waals surface area contributed by atoms with Crippen LogP contribution < -0.4 is 10.1 Å². The van der Waals surface area contributed by atoms with Gasteiger partial charge < -0.3 is 10.1 Å². The van der Waals surface area contributed by atoms with Crippen molar-refractivity contribution in [2.45, 2.75) is 20.1 Å². The highest BCUT2D eigenvalue weighted by Gasteiger charge is 2.03. The van der Waals surface area contributed by atoms with Crippen LogP contribution in [0.4, 0.5) is 14.5 Å². The molecule has 2 nitrogen and oxygen atoms in total. The molecule has 0 saturated carbocycles. The van der Waals surface area contributed by atoms with Gasteiger partial charge in [-0.3, -0.25) is 0 Å². The lowest BCUT2D eigenvalue weighted by Crippen LogP contribution is -2.02. The van der Waals surface area contributed by atoms with E-state index in [-0.39, 0.29) is 5.75 Å². The molecule has 0 saturated heterocycles. The summed E-state index contributed by atoms with van der Waals surface area (Å²) in [7, 11) is 0. The average Bonchev–Trinajstić information content (AvgIpc) is 2.41. The first kappa shape index (κ1) is 14.8. The van der Waals surface area contributed by atoms with Gasteiger partial charge in [-0.05, 0) is 48.4 Å². The van der Waals surface area contributed by atoms with Crippen molar-refractivity contribution >= 4 is 21.6 Å². The molecule has 0 atom stereocenters. The van der Waals surface area contributed by atoms with Gasteiger partial charge in [-0.2, -0.15) is 8.78 Å². The van der Waals surface area contributed by atoms with Crippen molar-refractivity contribution in [2.75, 3.05) is 5.32 Å². The Hall–Kier alpha value is -1.62.